The third-order valence-corrected chi connectivity index (χ3v) is 6.43. The zero-order valence-corrected chi connectivity index (χ0v) is 17.7. The highest BCUT2D eigenvalue weighted by Gasteiger charge is 2.29. The predicted molar refractivity (Wildman–Crippen MR) is 111 cm³/mol. The lowest BCUT2D eigenvalue weighted by atomic mass is 10.1. The second-order valence-corrected chi connectivity index (χ2v) is 9.39. The van der Waals surface area contributed by atoms with Crippen LogP contribution in [0.1, 0.15) is 23.8 Å². The fourth-order valence-corrected chi connectivity index (χ4v) is 4.56. The van der Waals surface area contributed by atoms with Crippen LogP contribution in [0.2, 0.25) is 0 Å². The van der Waals surface area contributed by atoms with Crippen molar-refractivity contribution in [3.8, 4) is 0 Å². The van der Waals surface area contributed by atoms with Crippen LogP contribution in [0.3, 0.4) is 0 Å². The van der Waals surface area contributed by atoms with Gasteiger partial charge in [0.25, 0.3) is 0 Å². The van der Waals surface area contributed by atoms with E-state index in [1.807, 2.05) is 32.0 Å². The molecule has 2 aromatic rings. The molecule has 1 N–H and O–H groups in total. The fourth-order valence-electron chi connectivity index (χ4n) is 2.63. The molecule has 148 valence electrons. The zero-order chi connectivity index (χ0) is 20.0. The quantitative estimate of drug-likeness (QED) is 0.643. The van der Waals surface area contributed by atoms with Crippen molar-refractivity contribution >= 4 is 33.4 Å². The first-order valence-corrected chi connectivity index (χ1v) is 11.6. The number of furan rings is 1. The highest BCUT2D eigenvalue weighted by molar-refractivity contribution is 7.98. The second-order valence-electron chi connectivity index (χ2n) is 6.43. The Morgan fingerprint density at radius 1 is 1.26 bits per heavy atom. The van der Waals surface area contributed by atoms with Gasteiger partial charge in [0.05, 0.1) is 24.0 Å². The van der Waals surface area contributed by atoms with E-state index in [1.165, 1.54) is 4.31 Å². The van der Waals surface area contributed by atoms with Crippen molar-refractivity contribution in [3.05, 3.63) is 53.5 Å². The summed E-state index contributed by atoms with van der Waals surface area (Å²) in [5.74, 6) is 2.01. The van der Waals surface area contributed by atoms with Gasteiger partial charge in [-0.1, -0.05) is 6.07 Å². The van der Waals surface area contributed by atoms with Gasteiger partial charge in [0.15, 0.2) is 0 Å². The average Bonchev–Trinajstić information content (AvgIpc) is 3.10. The van der Waals surface area contributed by atoms with Gasteiger partial charge >= 0.3 is 0 Å². The molecule has 0 saturated carbocycles. The first kappa shape index (κ1) is 21.4. The molecule has 1 atom stereocenters. The molecule has 27 heavy (non-hydrogen) atoms. The van der Waals surface area contributed by atoms with Crippen LogP contribution in [-0.4, -0.2) is 38.9 Å². The number of nitrogens with one attached hydrogen (secondary N) is 1. The summed E-state index contributed by atoms with van der Waals surface area (Å²) in [6, 6.07) is 8.29. The molecule has 0 aliphatic rings. The highest BCUT2D eigenvalue weighted by atomic mass is 32.2. The first-order valence-electron chi connectivity index (χ1n) is 8.64. The summed E-state index contributed by atoms with van der Waals surface area (Å²) in [5, 5.41) is 2.81. The average molecular weight is 411 g/mol. The van der Waals surface area contributed by atoms with Crippen molar-refractivity contribution in [1.29, 1.82) is 0 Å². The summed E-state index contributed by atoms with van der Waals surface area (Å²) < 4.78 is 31.1. The Hall–Kier alpha value is -1.93. The second kappa shape index (κ2) is 9.32. The van der Waals surface area contributed by atoms with Crippen LogP contribution < -0.4 is 9.62 Å². The summed E-state index contributed by atoms with van der Waals surface area (Å²) >= 11 is 1.64. The summed E-state index contributed by atoms with van der Waals surface area (Å²) in [6.07, 6.45) is 2.75. The van der Waals surface area contributed by atoms with Gasteiger partial charge in [-0.2, -0.15) is 11.8 Å². The molecule has 1 aromatic heterocycles. The monoisotopic (exact) mass is 410 g/mol. The number of rotatable bonds is 9. The van der Waals surface area contributed by atoms with Gasteiger partial charge in [0.2, 0.25) is 15.9 Å². The minimum absolute atomic E-state index is 0.322. The number of aryl methyl sites for hydroxylation is 2. The Morgan fingerprint density at radius 2 is 2.00 bits per heavy atom. The number of carbonyl (C=O) groups is 1. The number of nitrogens with zero attached hydrogens (tertiary/aromatic N) is 1. The molecule has 1 amide bonds. The molecular formula is C19H26N2O4S2. The van der Waals surface area contributed by atoms with E-state index in [-0.39, 0.29) is 5.91 Å². The molecule has 0 bridgehead atoms. The van der Waals surface area contributed by atoms with Gasteiger partial charge in [0, 0.05) is 12.3 Å². The molecule has 0 aliphatic carbocycles. The number of hydrogen-bond acceptors (Lipinski definition) is 5. The van der Waals surface area contributed by atoms with E-state index in [1.54, 1.807) is 37.1 Å². The molecule has 0 aliphatic heterocycles. The molecular weight excluding hydrogens is 384 g/mol. The van der Waals surface area contributed by atoms with E-state index < -0.39 is 16.1 Å². The van der Waals surface area contributed by atoms with Gasteiger partial charge in [-0.3, -0.25) is 9.10 Å². The van der Waals surface area contributed by atoms with Crippen molar-refractivity contribution < 1.29 is 17.6 Å². The van der Waals surface area contributed by atoms with E-state index in [0.717, 1.165) is 28.9 Å². The maximum atomic E-state index is 12.5. The topological polar surface area (TPSA) is 79.6 Å². The summed E-state index contributed by atoms with van der Waals surface area (Å²) in [5.41, 5.74) is 2.54. The molecule has 2 rings (SSSR count). The molecule has 0 saturated heterocycles. The van der Waals surface area contributed by atoms with Gasteiger partial charge in [-0.05, 0) is 56.2 Å². The molecule has 0 spiro atoms. The molecule has 0 unspecified atom stereocenters. The Morgan fingerprint density at radius 3 is 2.59 bits per heavy atom. The summed E-state index contributed by atoms with van der Waals surface area (Å²) in [6.45, 7) is 5.93. The van der Waals surface area contributed by atoms with Crippen LogP contribution in [0.15, 0.2) is 41.0 Å². The Kier molecular flexibility index (Phi) is 7.38. The van der Waals surface area contributed by atoms with Crippen LogP contribution in [0.25, 0.3) is 0 Å². The number of thioether (sulfide) groups is 1. The number of sulfonamides is 1. The van der Waals surface area contributed by atoms with E-state index >= 15 is 0 Å². The van der Waals surface area contributed by atoms with Crippen molar-refractivity contribution in [2.24, 2.45) is 0 Å². The van der Waals surface area contributed by atoms with Crippen molar-refractivity contribution in [2.75, 3.05) is 22.9 Å². The van der Waals surface area contributed by atoms with E-state index in [4.69, 9.17) is 4.42 Å². The zero-order valence-electron chi connectivity index (χ0n) is 16.1. The third-order valence-electron chi connectivity index (χ3n) is 4.20. The number of carbonyl (C=O) groups excluding carboxylic acids is 1. The molecule has 1 heterocycles. The van der Waals surface area contributed by atoms with E-state index in [9.17, 15) is 13.2 Å². The lowest BCUT2D eigenvalue weighted by Crippen LogP contribution is -2.48. The highest BCUT2D eigenvalue weighted by Crippen LogP contribution is 2.23. The van der Waals surface area contributed by atoms with Crippen molar-refractivity contribution in [1.82, 2.24) is 5.32 Å². The Balaban J connectivity index is 1.96. The maximum absolute atomic E-state index is 12.5. The van der Waals surface area contributed by atoms with Gasteiger partial charge < -0.3 is 9.73 Å². The Bertz CT molecular complexity index is 864. The van der Waals surface area contributed by atoms with Crippen LogP contribution in [0.4, 0.5) is 5.69 Å². The smallest absolute Gasteiger partial charge is 0.243 e. The van der Waals surface area contributed by atoms with Crippen molar-refractivity contribution in [3.63, 3.8) is 0 Å². The molecule has 6 nitrogen and oxygen atoms in total. The first-order chi connectivity index (χ1) is 12.7. The van der Waals surface area contributed by atoms with Crippen LogP contribution in [0, 0.1) is 13.8 Å². The minimum Gasteiger partial charge on any atom is -0.468 e. The lowest BCUT2D eigenvalue weighted by molar-refractivity contribution is -0.121. The summed E-state index contributed by atoms with van der Waals surface area (Å²) in [7, 11) is -3.60. The summed E-state index contributed by atoms with van der Waals surface area (Å²) in [4.78, 5) is 12.5. The van der Waals surface area contributed by atoms with E-state index in [2.05, 4.69) is 5.32 Å². The standard InChI is InChI=1S/C19H26N2O4S2/c1-14-7-8-17(12-15(14)2)21(27(4,23)24)16(3)19(22)20-9-11-26-13-18-6-5-10-25-18/h5-8,10,12,16H,9,11,13H2,1-4H3,(H,20,22)/t16-/m0/s1. The normalized spacial score (nSPS) is 12.6. The van der Waals surface area contributed by atoms with Gasteiger partial charge in [-0.15, -0.1) is 0 Å². The van der Waals surface area contributed by atoms with Crippen LogP contribution in [0.5, 0.6) is 0 Å². The van der Waals surface area contributed by atoms with Crippen molar-refractivity contribution in [2.45, 2.75) is 32.6 Å². The molecule has 8 heteroatoms. The minimum atomic E-state index is -3.60. The van der Waals surface area contributed by atoms with Crippen LogP contribution in [-0.2, 0) is 20.6 Å². The fraction of sp³-hybridized carbons (Fsp3) is 0.421. The SMILES string of the molecule is Cc1ccc(N([C@@H](C)C(=O)NCCSCc2ccco2)S(C)(=O)=O)cc1C. The molecule has 0 fully saturated rings. The third kappa shape index (κ3) is 6.04. The lowest BCUT2D eigenvalue weighted by Gasteiger charge is -2.28. The number of amides is 1. The predicted octanol–water partition coefficient (Wildman–Crippen LogP) is 3.10. The number of hydrogen-bond donors (Lipinski definition) is 1. The van der Waals surface area contributed by atoms with E-state index in [0.29, 0.717) is 18.0 Å². The largest absolute Gasteiger partial charge is 0.468 e. The molecule has 1 aromatic carbocycles. The van der Waals surface area contributed by atoms with Crippen LogP contribution >= 0.6 is 11.8 Å². The van der Waals surface area contributed by atoms with Gasteiger partial charge in [0.1, 0.15) is 11.8 Å². The van der Waals surface area contributed by atoms with Gasteiger partial charge in [-0.25, -0.2) is 8.42 Å². The molecule has 0 radical (unpaired) electrons. The number of benzene rings is 1. The maximum Gasteiger partial charge on any atom is 0.243 e. The Labute approximate surface area is 165 Å². The number of anilines is 1.